The summed E-state index contributed by atoms with van der Waals surface area (Å²) in [7, 11) is 2.03. The van der Waals surface area contributed by atoms with E-state index in [1.54, 1.807) is 0 Å². The van der Waals surface area contributed by atoms with Crippen LogP contribution in [-0.2, 0) is 12.8 Å². The van der Waals surface area contributed by atoms with E-state index in [4.69, 9.17) is 0 Å². The molecule has 2 heteroatoms. The van der Waals surface area contributed by atoms with Crippen LogP contribution in [0.4, 0.5) is 0 Å². The van der Waals surface area contributed by atoms with E-state index in [-0.39, 0.29) is 6.04 Å². The molecule has 0 spiro atoms. The molecule has 0 aromatic heterocycles. The van der Waals surface area contributed by atoms with E-state index in [1.165, 1.54) is 25.8 Å². The monoisotopic (exact) mass is 379 g/mol. The maximum absolute atomic E-state index is 3.45. The molecule has 2 aromatic rings. The summed E-state index contributed by atoms with van der Waals surface area (Å²) in [5.74, 6) is 0. The molecule has 1 atom stereocenters. The molecule has 0 heterocycles. The van der Waals surface area contributed by atoms with Crippen LogP contribution >= 0.6 is 22.6 Å². The van der Waals surface area contributed by atoms with Gasteiger partial charge < -0.3 is 5.32 Å². The zero-order valence-electron chi connectivity index (χ0n) is 12.4. The van der Waals surface area contributed by atoms with E-state index in [0.29, 0.717) is 0 Å². The van der Waals surface area contributed by atoms with Gasteiger partial charge in [-0.1, -0.05) is 44.2 Å². The van der Waals surface area contributed by atoms with Gasteiger partial charge in [-0.25, -0.2) is 0 Å². The second kappa shape index (κ2) is 7.23. The van der Waals surface area contributed by atoms with Gasteiger partial charge in [0, 0.05) is 3.57 Å². The van der Waals surface area contributed by atoms with Crippen molar-refractivity contribution in [2.45, 2.75) is 32.7 Å². The number of halogens is 1. The first-order valence-corrected chi connectivity index (χ1v) is 8.31. The molecule has 0 saturated heterocycles. The highest BCUT2D eigenvalue weighted by Crippen LogP contribution is 2.25. The van der Waals surface area contributed by atoms with Crippen LogP contribution in [0.1, 0.15) is 42.1 Å². The second-order valence-corrected chi connectivity index (χ2v) is 6.26. The lowest BCUT2D eigenvalue weighted by Gasteiger charge is -2.19. The van der Waals surface area contributed by atoms with Crippen molar-refractivity contribution in [3.63, 3.8) is 0 Å². The van der Waals surface area contributed by atoms with Crippen molar-refractivity contribution in [1.82, 2.24) is 5.32 Å². The normalized spacial score (nSPS) is 12.4. The predicted molar refractivity (Wildman–Crippen MR) is 95.3 cm³/mol. The molecular formula is C18H22IN. The minimum atomic E-state index is 0.265. The molecule has 2 aromatic carbocycles. The highest BCUT2D eigenvalue weighted by Gasteiger charge is 2.13. The maximum atomic E-state index is 3.45. The summed E-state index contributed by atoms with van der Waals surface area (Å²) in [4.78, 5) is 0. The molecule has 0 amide bonds. The van der Waals surface area contributed by atoms with Gasteiger partial charge in [-0.15, -0.1) is 0 Å². The van der Waals surface area contributed by atoms with Gasteiger partial charge in [0.05, 0.1) is 6.04 Å². The van der Waals surface area contributed by atoms with Crippen molar-refractivity contribution in [2.24, 2.45) is 0 Å². The van der Waals surface area contributed by atoms with Gasteiger partial charge >= 0.3 is 0 Å². The Bertz CT molecular complexity index is 577. The van der Waals surface area contributed by atoms with Crippen LogP contribution in [0.25, 0.3) is 0 Å². The van der Waals surface area contributed by atoms with Crippen LogP contribution < -0.4 is 5.32 Å². The van der Waals surface area contributed by atoms with Crippen molar-refractivity contribution in [3.05, 3.63) is 68.3 Å². The third kappa shape index (κ3) is 3.41. The molecule has 0 saturated carbocycles. The largest absolute Gasteiger partial charge is 0.309 e. The Morgan fingerprint density at radius 2 is 1.65 bits per heavy atom. The first-order valence-electron chi connectivity index (χ1n) is 7.24. The summed E-state index contributed by atoms with van der Waals surface area (Å²) in [6.07, 6.45) is 2.21. The van der Waals surface area contributed by atoms with Crippen molar-refractivity contribution >= 4 is 22.6 Å². The molecule has 106 valence electrons. The second-order valence-electron chi connectivity index (χ2n) is 5.01. The van der Waals surface area contributed by atoms with Gasteiger partial charge in [0.2, 0.25) is 0 Å². The van der Waals surface area contributed by atoms with Gasteiger partial charge in [-0.3, -0.25) is 0 Å². The lowest BCUT2D eigenvalue weighted by Crippen LogP contribution is -2.18. The summed E-state index contributed by atoms with van der Waals surface area (Å²) in [6.45, 7) is 4.46. The first kappa shape index (κ1) is 15.5. The number of rotatable bonds is 5. The Labute approximate surface area is 135 Å². The molecule has 1 unspecified atom stereocenters. The van der Waals surface area contributed by atoms with Gasteiger partial charge in [0.25, 0.3) is 0 Å². The molecule has 1 N–H and O–H groups in total. The topological polar surface area (TPSA) is 12.0 Å². The standard InChI is InChI=1S/C18H22IN/c1-4-13-9-10-16(11-14(13)5-2)18(20-3)15-7-6-8-17(19)12-15/h6-12,18,20H,4-5H2,1-3H3. The van der Waals surface area contributed by atoms with Gasteiger partial charge in [-0.2, -0.15) is 0 Å². The number of hydrogen-bond donors (Lipinski definition) is 1. The Hall–Kier alpha value is -0.870. The zero-order chi connectivity index (χ0) is 14.5. The molecule has 0 aliphatic rings. The molecule has 2 rings (SSSR count). The van der Waals surface area contributed by atoms with Crippen molar-refractivity contribution < 1.29 is 0 Å². The number of benzene rings is 2. The fraction of sp³-hybridized carbons (Fsp3) is 0.333. The van der Waals surface area contributed by atoms with Crippen LogP contribution in [-0.4, -0.2) is 7.05 Å². The predicted octanol–water partition coefficient (Wildman–Crippen LogP) is 4.72. The Balaban J connectivity index is 2.41. The summed E-state index contributed by atoms with van der Waals surface area (Å²) >= 11 is 2.37. The van der Waals surface area contributed by atoms with Crippen LogP contribution in [0, 0.1) is 3.57 Å². The van der Waals surface area contributed by atoms with Crippen molar-refractivity contribution in [3.8, 4) is 0 Å². The van der Waals surface area contributed by atoms with E-state index in [0.717, 1.165) is 12.8 Å². The molecule has 0 aliphatic heterocycles. The summed E-state index contributed by atoms with van der Waals surface area (Å²) < 4.78 is 1.28. The smallest absolute Gasteiger partial charge is 0.0574 e. The summed E-state index contributed by atoms with van der Waals surface area (Å²) in [6, 6.07) is 15.9. The minimum absolute atomic E-state index is 0.265. The maximum Gasteiger partial charge on any atom is 0.0574 e. The van der Waals surface area contributed by atoms with Crippen molar-refractivity contribution in [1.29, 1.82) is 0 Å². The molecule has 0 fully saturated rings. The average Bonchev–Trinajstić information content (AvgIpc) is 2.48. The van der Waals surface area contributed by atoms with E-state index in [9.17, 15) is 0 Å². The quantitative estimate of drug-likeness (QED) is 0.741. The average molecular weight is 379 g/mol. The molecule has 20 heavy (non-hydrogen) atoms. The summed E-state index contributed by atoms with van der Waals surface area (Å²) in [5, 5.41) is 3.45. The molecule has 0 radical (unpaired) electrons. The zero-order valence-corrected chi connectivity index (χ0v) is 14.6. The van der Waals surface area contributed by atoms with E-state index in [2.05, 4.69) is 84.2 Å². The highest BCUT2D eigenvalue weighted by molar-refractivity contribution is 14.1. The molecule has 1 nitrogen and oxygen atoms in total. The lowest BCUT2D eigenvalue weighted by molar-refractivity contribution is 0.689. The SMILES string of the molecule is CCc1ccc(C(NC)c2cccc(I)c2)cc1CC. The number of aryl methyl sites for hydroxylation is 2. The van der Waals surface area contributed by atoms with Gasteiger partial charge in [-0.05, 0) is 76.9 Å². The van der Waals surface area contributed by atoms with Crippen LogP contribution in [0.15, 0.2) is 42.5 Å². The van der Waals surface area contributed by atoms with Crippen LogP contribution in [0.3, 0.4) is 0 Å². The van der Waals surface area contributed by atoms with Crippen LogP contribution in [0.2, 0.25) is 0 Å². The lowest BCUT2D eigenvalue weighted by atomic mass is 9.93. The fourth-order valence-electron chi connectivity index (χ4n) is 2.71. The highest BCUT2D eigenvalue weighted by atomic mass is 127. The third-order valence-corrected chi connectivity index (χ3v) is 4.47. The fourth-order valence-corrected chi connectivity index (χ4v) is 3.28. The summed E-state index contributed by atoms with van der Waals surface area (Å²) in [5.41, 5.74) is 5.61. The van der Waals surface area contributed by atoms with E-state index < -0.39 is 0 Å². The van der Waals surface area contributed by atoms with Crippen molar-refractivity contribution in [2.75, 3.05) is 7.05 Å². The number of nitrogens with one attached hydrogen (secondary N) is 1. The van der Waals surface area contributed by atoms with Crippen LogP contribution in [0.5, 0.6) is 0 Å². The molecular weight excluding hydrogens is 357 g/mol. The molecule has 0 aliphatic carbocycles. The Kier molecular flexibility index (Phi) is 5.61. The van der Waals surface area contributed by atoms with Gasteiger partial charge in [0.15, 0.2) is 0 Å². The van der Waals surface area contributed by atoms with E-state index in [1.807, 2.05) is 7.05 Å². The van der Waals surface area contributed by atoms with Gasteiger partial charge in [0.1, 0.15) is 0 Å². The first-order chi connectivity index (χ1) is 9.69. The third-order valence-electron chi connectivity index (χ3n) is 3.80. The minimum Gasteiger partial charge on any atom is -0.309 e. The Morgan fingerprint density at radius 1 is 0.950 bits per heavy atom. The Morgan fingerprint density at radius 3 is 2.25 bits per heavy atom. The van der Waals surface area contributed by atoms with E-state index >= 15 is 0 Å². The number of hydrogen-bond acceptors (Lipinski definition) is 1. The molecule has 0 bridgehead atoms.